The van der Waals surface area contributed by atoms with Crippen LogP contribution in [0, 0.1) is 13.8 Å². The first-order valence-corrected chi connectivity index (χ1v) is 10.3. The van der Waals surface area contributed by atoms with Gasteiger partial charge >= 0.3 is 5.69 Å². The highest BCUT2D eigenvalue weighted by molar-refractivity contribution is 7.98. The van der Waals surface area contributed by atoms with Crippen molar-refractivity contribution in [3.63, 3.8) is 0 Å². The lowest BCUT2D eigenvalue weighted by Gasteiger charge is -2.14. The van der Waals surface area contributed by atoms with Crippen LogP contribution in [0.4, 0.5) is 0 Å². The molecule has 0 spiro atoms. The minimum atomic E-state index is -0.384. The van der Waals surface area contributed by atoms with E-state index in [1.807, 2.05) is 34.6 Å². The molecule has 3 heterocycles. The Balaban J connectivity index is 2.22. The Morgan fingerprint density at radius 3 is 2.43 bits per heavy atom. The van der Waals surface area contributed by atoms with Gasteiger partial charge in [-0.3, -0.25) is 13.9 Å². The Kier molecular flexibility index (Phi) is 5.74. The zero-order chi connectivity index (χ0) is 20.6. The minimum Gasteiger partial charge on any atom is -0.445 e. The number of fused-ring (bicyclic) bond motifs is 1. The highest BCUT2D eigenvalue weighted by Gasteiger charge is 2.20. The molecule has 3 aromatic heterocycles. The normalized spacial score (nSPS) is 11.7. The molecule has 8 nitrogen and oxygen atoms in total. The molecule has 0 saturated carbocycles. The Morgan fingerprint density at radius 1 is 1.14 bits per heavy atom. The first-order chi connectivity index (χ1) is 13.2. The van der Waals surface area contributed by atoms with Crippen molar-refractivity contribution in [2.24, 2.45) is 7.05 Å². The maximum Gasteiger partial charge on any atom is 0.332 e. The number of thioether (sulfide) groups is 1. The zero-order valence-corrected chi connectivity index (χ0v) is 17.9. The number of hydrogen-bond donors (Lipinski definition) is 0. The van der Waals surface area contributed by atoms with Gasteiger partial charge in [0.15, 0.2) is 5.65 Å². The van der Waals surface area contributed by atoms with Gasteiger partial charge in [-0.05, 0) is 20.3 Å². The molecule has 0 N–H and O–H groups in total. The molecule has 0 aliphatic heterocycles. The Bertz CT molecular complexity index is 1120. The average Bonchev–Trinajstić information content (AvgIpc) is 2.98. The topological polar surface area (TPSA) is 95.8 Å². The van der Waals surface area contributed by atoms with E-state index in [0.29, 0.717) is 40.1 Å². The van der Waals surface area contributed by atoms with Crippen molar-refractivity contribution in [3.05, 3.63) is 44.0 Å². The van der Waals surface area contributed by atoms with Gasteiger partial charge in [0.25, 0.3) is 5.56 Å². The summed E-state index contributed by atoms with van der Waals surface area (Å²) in [4.78, 5) is 39.1. The van der Waals surface area contributed by atoms with E-state index >= 15 is 0 Å². The van der Waals surface area contributed by atoms with Gasteiger partial charge in [-0.15, -0.1) is 0 Å². The van der Waals surface area contributed by atoms with Crippen LogP contribution in [-0.2, 0) is 19.3 Å². The van der Waals surface area contributed by atoms with Gasteiger partial charge < -0.3 is 4.42 Å². The third-order valence-corrected chi connectivity index (χ3v) is 5.49. The fraction of sp³-hybridized carbons (Fsp3) is 0.526. The van der Waals surface area contributed by atoms with Gasteiger partial charge in [-0.2, -0.15) is 0 Å². The van der Waals surface area contributed by atoms with Crippen LogP contribution >= 0.6 is 11.8 Å². The standard InChI is InChI=1S/C19H25N5O3S/c1-7-8-24-16-14(18(25)23(6)19(24)26)17(22-15(21-16)10(2)3)28-9-13-20-11(4)12(5)27-13/h10H,7-9H2,1-6H3. The maximum atomic E-state index is 12.9. The van der Waals surface area contributed by atoms with Crippen LogP contribution in [0.5, 0.6) is 0 Å². The van der Waals surface area contributed by atoms with E-state index in [1.54, 1.807) is 4.57 Å². The number of oxazole rings is 1. The van der Waals surface area contributed by atoms with Crippen LogP contribution in [0.3, 0.4) is 0 Å². The van der Waals surface area contributed by atoms with Crippen molar-refractivity contribution >= 4 is 22.8 Å². The SMILES string of the molecule is CCCn1c(=O)n(C)c(=O)c2c(SCc3nc(C)c(C)o3)nc(C(C)C)nc21. The molecule has 3 rings (SSSR count). The number of nitrogens with zero attached hydrogens (tertiary/aromatic N) is 5. The van der Waals surface area contributed by atoms with Gasteiger partial charge in [0.1, 0.15) is 22.0 Å². The lowest BCUT2D eigenvalue weighted by atomic mass is 10.2. The Hall–Kier alpha value is -2.42. The van der Waals surface area contributed by atoms with Crippen LogP contribution in [-0.4, -0.2) is 24.1 Å². The number of aromatic nitrogens is 5. The van der Waals surface area contributed by atoms with Crippen LogP contribution in [0.1, 0.15) is 56.3 Å². The van der Waals surface area contributed by atoms with E-state index in [9.17, 15) is 9.59 Å². The van der Waals surface area contributed by atoms with Crippen LogP contribution in [0.15, 0.2) is 19.0 Å². The van der Waals surface area contributed by atoms with Gasteiger partial charge in [-0.25, -0.2) is 19.7 Å². The third-order valence-electron chi connectivity index (χ3n) is 4.53. The van der Waals surface area contributed by atoms with Crippen LogP contribution in [0.25, 0.3) is 11.0 Å². The molecule has 0 saturated heterocycles. The fourth-order valence-electron chi connectivity index (χ4n) is 2.87. The predicted molar refractivity (Wildman–Crippen MR) is 109 cm³/mol. The fourth-order valence-corrected chi connectivity index (χ4v) is 3.74. The summed E-state index contributed by atoms with van der Waals surface area (Å²) in [7, 11) is 1.49. The molecular weight excluding hydrogens is 378 g/mol. The summed E-state index contributed by atoms with van der Waals surface area (Å²) < 4.78 is 8.34. The summed E-state index contributed by atoms with van der Waals surface area (Å²) >= 11 is 1.38. The summed E-state index contributed by atoms with van der Waals surface area (Å²) in [5, 5.41) is 0.914. The molecule has 0 unspecified atom stereocenters. The molecule has 0 aliphatic rings. The Morgan fingerprint density at radius 2 is 1.86 bits per heavy atom. The molecule has 0 atom stereocenters. The Labute approximate surface area is 167 Å². The third kappa shape index (κ3) is 3.63. The zero-order valence-electron chi connectivity index (χ0n) is 17.1. The summed E-state index contributed by atoms with van der Waals surface area (Å²) in [5.74, 6) is 2.46. The van der Waals surface area contributed by atoms with Crippen molar-refractivity contribution in [2.75, 3.05) is 0 Å². The van der Waals surface area contributed by atoms with E-state index in [0.717, 1.165) is 22.4 Å². The van der Waals surface area contributed by atoms with Gasteiger partial charge in [0, 0.05) is 19.5 Å². The van der Waals surface area contributed by atoms with E-state index in [2.05, 4.69) is 15.0 Å². The predicted octanol–water partition coefficient (Wildman–Crippen LogP) is 2.92. The smallest absolute Gasteiger partial charge is 0.332 e. The van der Waals surface area contributed by atoms with E-state index in [-0.39, 0.29) is 17.2 Å². The first kappa shape index (κ1) is 20.3. The summed E-state index contributed by atoms with van der Waals surface area (Å²) in [6, 6.07) is 0. The molecule has 0 aromatic carbocycles. The lowest BCUT2D eigenvalue weighted by Crippen LogP contribution is -2.39. The quantitative estimate of drug-likeness (QED) is 0.461. The van der Waals surface area contributed by atoms with Gasteiger partial charge in [0.2, 0.25) is 5.89 Å². The van der Waals surface area contributed by atoms with Gasteiger partial charge in [0.05, 0.1) is 11.4 Å². The molecule has 0 aliphatic carbocycles. The summed E-state index contributed by atoms with van der Waals surface area (Å²) in [5.41, 5.74) is 0.502. The molecule has 28 heavy (non-hydrogen) atoms. The minimum absolute atomic E-state index is 0.0595. The molecule has 9 heteroatoms. The largest absolute Gasteiger partial charge is 0.445 e. The van der Waals surface area contributed by atoms with Crippen LogP contribution in [0.2, 0.25) is 0 Å². The van der Waals surface area contributed by atoms with Crippen molar-refractivity contribution in [1.29, 1.82) is 0 Å². The molecule has 3 aromatic rings. The lowest BCUT2D eigenvalue weighted by molar-refractivity contribution is 0.489. The first-order valence-electron chi connectivity index (χ1n) is 9.31. The second kappa shape index (κ2) is 7.90. The van der Waals surface area contributed by atoms with E-state index in [4.69, 9.17) is 4.42 Å². The number of hydrogen-bond acceptors (Lipinski definition) is 7. The molecule has 150 valence electrons. The van der Waals surface area contributed by atoms with Gasteiger partial charge in [-0.1, -0.05) is 32.5 Å². The molecule has 0 amide bonds. The highest BCUT2D eigenvalue weighted by Crippen LogP contribution is 2.28. The van der Waals surface area contributed by atoms with E-state index in [1.165, 1.54) is 18.8 Å². The van der Waals surface area contributed by atoms with Crippen molar-refractivity contribution in [3.8, 4) is 0 Å². The maximum absolute atomic E-state index is 12.9. The summed E-state index contributed by atoms with van der Waals surface area (Å²) in [6.07, 6.45) is 0.756. The van der Waals surface area contributed by atoms with E-state index < -0.39 is 0 Å². The average molecular weight is 404 g/mol. The van der Waals surface area contributed by atoms with Crippen molar-refractivity contribution in [1.82, 2.24) is 24.1 Å². The number of rotatable bonds is 6. The molecule has 0 radical (unpaired) electrons. The van der Waals surface area contributed by atoms with Crippen LogP contribution < -0.4 is 11.2 Å². The van der Waals surface area contributed by atoms with Crippen molar-refractivity contribution < 1.29 is 4.42 Å². The molecular formula is C19H25N5O3S. The summed E-state index contributed by atoms with van der Waals surface area (Å²) in [6.45, 7) is 10.2. The molecule has 0 bridgehead atoms. The monoisotopic (exact) mass is 403 g/mol. The van der Waals surface area contributed by atoms with Crippen molar-refractivity contribution in [2.45, 2.75) is 64.3 Å². The number of aryl methyl sites for hydroxylation is 3. The second-order valence-corrected chi connectivity index (χ2v) is 8.04. The molecule has 0 fully saturated rings. The highest BCUT2D eigenvalue weighted by atomic mass is 32.2. The second-order valence-electron chi connectivity index (χ2n) is 7.08.